The molecule has 0 spiro atoms. The van der Waals surface area contributed by atoms with Gasteiger partial charge in [0, 0.05) is 11.3 Å². The lowest BCUT2D eigenvalue weighted by Gasteiger charge is -2.14. The Kier molecular flexibility index (Phi) is 4.70. The second-order valence-corrected chi connectivity index (χ2v) is 5.55. The number of amides is 1. The molecular formula is C15H21N5O. The lowest BCUT2D eigenvalue weighted by Crippen LogP contribution is -2.36. The van der Waals surface area contributed by atoms with E-state index in [0.29, 0.717) is 23.9 Å². The van der Waals surface area contributed by atoms with E-state index in [4.69, 9.17) is 5.73 Å². The van der Waals surface area contributed by atoms with Crippen LogP contribution in [0.1, 0.15) is 26.1 Å². The zero-order valence-corrected chi connectivity index (χ0v) is 12.6. The highest BCUT2D eigenvalue weighted by atomic mass is 16.2. The molecule has 21 heavy (non-hydrogen) atoms. The van der Waals surface area contributed by atoms with Crippen molar-refractivity contribution in [3.63, 3.8) is 0 Å². The van der Waals surface area contributed by atoms with Crippen molar-refractivity contribution in [3.8, 4) is 11.4 Å². The molecule has 0 aliphatic rings. The molecule has 0 saturated heterocycles. The van der Waals surface area contributed by atoms with Crippen LogP contribution in [0.4, 0.5) is 5.69 Å². The summed E-state index contributed by atoms with van der Waals surface area (Å²) in [6, 6.07) is 6.90. The number of nitrogens with zero attached hydrogens (tertiary/aromatic N) is 2. The van der Waals surface area contributed by atoms with E-state index in [-0.39, 0.29) is 5.91 Å². The van der Waals surface area contributed by atoms with Crippen LogP contribution in [0.2, 0.25) is 0 Å². The number of aromatic nitrogens is 3. The van der Waals surface area contributed by atoms with Crippen LogP contribution in [0, 0.1) is 12.8 Å². The van der Waals surface area contributed by atoms with E-state index in [0.717, 1.165) is 11.4 Å². The lowest BCUT2D eigenvalue weighted by atomic mass is 10.0. The summed E-state index contributed by atoms with van der Waals surface area (Å²) in [7, 11) is 0. The highest BCUT2D eigenvalue weighted by Crippen LogP contribution is 2.19. The Morgan fingerprint density at radius 3 is 2.81 bits per heavy atom. The number of hydrogen-bond acceptors (Lipinski definition) is 4. The first-order chi connectivity index (χ1) is 9.95. The Balaban J connectivity index is 2.09. The summed E-state index contributed by atoms with van der Waals surface area (Å²) in [6.45, 7) is 5.92. The van der Waals surface area contributed by atoms with Crippen molar-refractivity contribution in [1.29, 1.82) is 0 Å². The average molecular weight is 287 g/mol. The molecule has 6 heteroatoms. The van der Waals surface area contributed by atoms with Crippen molar-refractivity contribution >= 4 is 11.6 Å². The molecule has 1 aromatic heterocycles. The summed E-state index contributed by atoms with van der Waals surface area (Å²) in [5.41, 5.74) is 7.41. The third-order valence-corrected chi connectivity index (χ3v) is 3.05. The molecule has 1 atom stereocenters. The molecule has 0 saturated carbocycles. The number of H-pyrrole nitrogens is 1. The Hall–Kier alpha value is -2.21. The highest BCUT2D eigenvalue weighted by molar-refractivity contribution is 5.95. The van der Waals surface area contributed by atoms with E-state index < -0.39 is 6.04 Å². The minimum atomic E-state index is -0.501. The number of carbonyl (C=O) groups is 1. The van der Waals surface area contributed by atoms with Gasteiger partial charge in [-0.15, -0.1) is 0 Å². The summed E-state index contributed by atoms with van der Waals surface area (Å²) in [5.74, 6) is 1.56. The van der Waals surface area contributed by atoms with Crippen LogP contribution in [0.5, 0.6) is 0 Å². The van der Waals surface area contributed by atoms with Gasteiger partial charge < -0.3 is 11.1 Å². The number of aromatic amines is 1. The monoisotopic (exact) mass is 287 g/mol. The molecule has 1 amide bonds. The molecule has 1 heterocycles. The summed E-state index contributed by atoms with van der Waals surface area (Å²) in [4.78, 5) is 16.3. The minimum Gasteiger partial charge on any atom is -0.325 e. The number of nitrogens with one attached hydrogen (secondary N) is 2. The zero-order chi connectivity index (χ0) is 15.4. The maximum atomic E-state index is 12.0. The maximum Gasteiger partial charge on any atom is 0.241 e. The number of carbonyl (C=O) groups excluding carboxylic acids is 1. The fourth-order valence-electron chi connectivity index (χ4n) is 2.06. The van der Waals surface area contributed by atoms with Gasteiger partial charge in [-0.1, -0.05) is 26.0 Å². The van der Waals surface area contributed by atoms with E-state index in [1.165, 1.54) is 0 Å². The standard InChI is InChI=1S/C15H21N5O/c1-9(2)7-13(16)15(21)18-12-6-4-5-11(8-12)14-17-10(3)19-20-14/h4-6,8-9,13H,7,16H2,1-3H3,(H,18,21)(H,17,19,20)/t13-/m0/s1. The van der Waals surface area contributed by atoms with Crippen LogP contribution in [0.25, 0.3) is 11.4 Å². The first-order valence-corrected chi connectivity index (χ1v) is 7.01. The Bertz CT molecular complexity index is 620. The molecule has 0 bridgehead atoms. The smallest absolute Gasteiger partial charge is 0.241 e. The highest BCUT2D eigenvalue weighted by Gasteiger charge is 2.15. The number of hydrogen-bond donors (Lipinski definition) is 3. The Morgan fingerprint density at radius 1 is 1.43 bits per heavy atom. The van der Waals surface area contributed by atoms with E-state index in [1.54, 1.807) is 0 Å². The average Bonchev–Trinajstić information content (AvgIpc) is 2.85. The van der Waals surface area contributed by atoms with E-state index >= 15 is 0 Å². The number of rotatable bonds is 5. The van der Waals surface area contributed by atoms with E-state index in [1.807, 2.05) is 45.0 Å². The Morgan fingerprint density at radius 2 is 2.19 bits per heavy atom. The summed E-state index contributed by atoms with van der Waals surface area (Å²) in [5, 5.41) is 9.74. The van der Waals surface area contributed by atoms with Crippen molar-refractivity contribution in [1.82, 2.24) is 15.2 Å². The third kappa shape index (κ3) is 4.13. The number of aryl methyl sites for hydroxylation is 1. The van der Waals surface area contributed by atoms with Crippen LogP contribution < -0.4 is 11.1 Å². The van der Waals surface area contributed by atoms with Crippen molar-refractivity contribution < 1.29 is 4.79 Å². The second kappa shape index (κ2) is 6.49. The molecular weight excluding hydrogens is 266 g/mol. The van der Waals surface area contributed by atoms with Crippen LogP contribution in [0.15, 0.2) is 24.3 Å². The molecule has 0 aliphatic carbocycles. The molecule has 112 valence electrons. The molecule has 2 rings (SSSR count). The molecule has 4 N–H and O–H groups in total. The molecule has 0 unspecified atom stereocenters. The van der Waals surface area contributed by atoms with Gasteiger partial charge in [0.1, 0.15) is 5.82 Å². The third-order valence-electron chi connectivity index (χ3n) is 3.05. The van der Waals surface area contributed by atoms with Gasteiger partial charge in [0.25, 0.3) is 0 Å². The largest absolute Gasteiger partial charge is 0.325 e. The van der Waals surface area contributed by atoms with Crippen LogP contribution in [0.3, 0.4) is 0 Å². The van der Waals surface area contributed by atoms with Crippen LogP contribution >= 0.6 is 0 Å². The van der Waals surface area contributed by atoms with E-state index in [9.17, 15) is 4.79 Å². The molecule has 2 aromatic rings. The maximum absolute atomic E-state index is 12.0. The van der Waals surface area contributed by atoms with E-state index in [2.05, 4.69) is 20.5 Å². The number of anilines is 1. The van der Waals surface area contributed by atoms with Gasteiger partial charge in [-0.2, -0.15) is 5.10 Å². The molecule has 1 aromatic carbocycles. The first kappa shape index (κ1) is 15.2. The SMILES string of the molecule is Cc1nc(-c2cccc(NC(=O)[C@@H](N)CC(C)C)c2)n[nH]1. The summed E-state index contributed by atoms with van der Waals surface area (Å²) < 4.78 is 0. The quantitative estimate of drug-likeness (QED) is 0.784. The summed E-state index contributed by atoms with van der Waals surface area (Å²) in [6.07, 6.45) is 0.658. The first-order valence-electron chi connectivity index (χ1n) is 7.01. The van der Waals surface area contributed by atoms with Gasteiger partial charge in [0.05, 0.1) is 6.04 Å². The van der Waals surface area contributed by atoms with Crippen molar-refractivity contribution in [2.45, 2.75) is 33.2 Å². The van der Waals surface area contributed by atoms with Crippen molar-refractivity contribution in [2.75, 3.05) is 5.32 Å². The fourth-order valence-corrected chi connectivity index (χ4v) is 2.06. The normalized spacial score (nSPS) is 12.4. The lowest BCUT2D eigenvalue weighted by molar-refractivity contribution is -0.117. The predicted molar refractivity (Wildman–Crippen MR) is 82.6 cm³/mol. The Labute approximate surface area is 124 Å². The van der Waals surface area contributed by atoms with Gasteiger partial charge in [-0.3, -0.25) is 9.89 Å². The minimum absolute atomic E-state index is 0.174. The zero-order valence-electron chi connectivity index (χ0n) is 12.6. The molecule has 0 fully saturated rings. The summed E-state index contributed by atoms with van der Waals surface area (Å²) >= 11 is 0. The van der Waals surface area contributed by atoms with Gasteiger partial charge in [0.2, 0.25) is 5.91 Å². The molecule has 0 radical (unpaired) electrons. The molecule has 0 aliphatic heterocycles. The topological polar surface area (TPSA) is 96.7 Å². The van der Waals surface area contributed by atoms with Gasteiger partial charge in [-0.25, -0.2) is 4.98 Å². The van der Waals surface area contributed by atoms with Gasteiger partial charge in [-0.05, 0) is 31.4 Å². The van der Waals surface area contributed by atoms with Crippen molar-refractivity contribution in [2.24, 2.45) is 11.7 Å². The van der Waals surface area contributed by atoms with Gasteiger partial charge >= 0.3 is 0 Å². The second-order valence-electron chi connectivity index (χ2n) is 5.55. The molecule has 6 nitrogen and oxygen atoms in total. The fraction of sp³-hybridized carbons (Fsp3) is 0.400. The predicted octanol–water partition coefficient (Wildman–Crippen LogP) is 2.09. The van der Waals surface area contributed by atoms with Gasteiger partial charge in [0.15, 0.2) is 5.82 Å². The van der Waals surface area contributed by atoms with Crippen LogP contribution in [-0.4, -0.2) is 27.1 Å². The number of nitrogens with two attached hydrogens (primary N) is 1. The van der Waals surface area contributed by atoms with Crippen molar-refractivity contribution in [3.05, 3.63) is 30.1 Å². The number of benzene rings is 1. The van der Waals surface area contributed by atoms with Crippen LogP contribution in [-0.2, 0) is 4.79 Å².